The number of carbonyl (C=O) groups excluding carboxylic acids is 5. The van der Waals surface area contributed by atoms with Gasteiger partial charge in [0.2, 0.25) is 11.8 Å². The first-order chi connectivity index (χ1) is 17.6. The highest BCUT2D eigenvalue weighted by Crippen LogP contribution is 2.06. The van der Waals surface area contributed by atoms with Gasteiger partial charge in [0.1, 0.15) is 12.1 Å². The van der Waals surface area contributed by atoms with Crippen molar-refractivity contribution < 1.29 is 33.4 Å². The summed E-state index contributed by atoms with van der Waals surface area (Å²) in [6.07, 6.45) is 3.04. The molecule has 0 aliphatic carbocycles. The van der Waals surface area contributed by atoms with Crippen LogP contribution in [0, 0.1) is 0 Å². The number of esters is 2. The van der Waals surface area contributed by atoms with E-state index < -0.39 is 24.0 Å². The van der Waals surface area contributed by atoms with E-state index in [1.807, 2.05) is 30.3 Å². The predicted molar refractivity (Wildman–Crippen MR) is 142 cm³/mol. The zero-order valence-electron chi connectivity index (χ0n) is 22.0. The molecular weight excluding hydrogens is 477 g/mol. The first-order valence-electron chi connectivity index (χ1n) is 11.7. The van der Waals surface area contributed by atoms with Crippen LogP contribution in [-0.4, -0.2) is 70.2 Å². The highest BCUT2D eigenvalue weighted by molar-refractivity contribution is 6.64. The lowest BCUT2D eigenvalue weighted by Gasteiger charge is -2.16. The van der Waals surface area contributed by atoms with Crippen molar-refractivity contribution in [3.8, 4) is 0 Å². The molecule has 0 bridgehead atoms. The number of rotatable bonds is 15. The van der Waals surface area contributed by atoms with Gasteiger partial charge in [-0.25, -0.2) is 9.59 Å². The van der Waals surface area contributed by atoms with Crippen LogP contribution >= 0.6 is 0 Å². The highest BCUT2D eigenvalue weighted by Gasteiger charge is 2.22. The van der Waals surface area contributed by atoms with E-state index in [-0.39, 0.29) is 11.8 Å². The summed E-state index contributed by atoms with van der Waals surface area (Å²) in [6.45, 7) is 10.8. The van der Waals surface area contributed by atoms with Crippen LogP contribution in [0.25, 0.3) is 0 Å². The van der Waals surface area contributed by atoms with Gasteiger partial charge in [-0.1, -0.05) is 43.5 Å². The zero-order valence-corrected chi connectivity index (χ0v) is 22.0. The molecule has 0 aromatic heterocycles. The van der Waals surface area contributed by atoms with Gasteiger partial charge < -0.3 is 30.1 Å². The van der Waals surface area contributed by atoms with Crippen LogP contribution in [0.1, 0.15) is 38.7 Å². The van der Waals surface area contributed by atoms with Crippen LogP contribution in [0.2, 0.25) is 0 Å². The molecule has 0 spiro atoms. The lowest BCUT2D eigenvalue weighted by Crippen LogP contribution is -2.43. The summed E-state index contributed by atoms with van der Waals surface area (Å²) in [4.78, 5) is 56.2. The molecule has 3 N–H and O–H groups in total. The maximum atomic E-state index is 11.6. The summed E-state index contributed by atoms with van der Waals surface area (Å²) < 4.78 is 9.32. The van der Waals surface area contributed by atoms with Crippen molar-refractivity contribution in [1.82, 2.24) is 15.9 Å². The van der Waals surface area contributed by atoms with Crippen molar-refractivity contribution in [2.45, 2.75) is 51.6 Å². The van der Waals surface area contributed by atoms with Crippen molar-refractivity contribution in [2.75, 3.05) is 20.8 Å². The Kier molecular flexibility index (Phi) is 17.5. The number of ether oxygens (including phenoxy) is 2. The van der Waals surface area contributed by atoms with Crippen LogP contribution in [0.4, 0.5) is 0 Å². The van der Waals surface area contributed by atoms with Crippen molar-refractivity contribution in [3.63, 3.8) is 0 Å². The topological polar surface area (TPSA) is 140 Å². The fourth-order valence-corrected chi connectivity index (χ4v) is 2.85. The Hall–Kier alpha value is -3.73. The average molecular weight is 514 g/mol. The summed E-state index contributed by atoms with van der Waals surface area (Å²) in [5, 5.41) is 7.97. The maximum absolute atomic E-state index is 11.6. The van der Waals surface area contributed by atoms with E-state index in [0.29, 0.717) is 36.7 Å². The lowest BCUT2D eigenvalue weighted by molar-refractivity contribution is -0.145. The van der Waals surface area contributed by atoms with Gasteiger partial charge >= 0.3 is 11.9 Å². The minimum absolute atomic E-state index is 0.344. The Balaban J connectivity index is 0.000000701. The third-order valence-electron chi connectivity index (χ3n) is 4.89. The van der Waals surface area contributed by atoms with E-state index in [9.17, 15) is 24.0 Å². The lowest BCUT2D eigenvalue weighted by atomic mass is 9.98. The minimum atomic E-state index is -0.693. The summed E-state index contributed by atoms with van der Waals surface area (Å²) >= 11 is 0. The first kappa shape index (κ1) is 33.3. The number of methoxy groups -OCH3 is 2. The molecular formula is C26H37BN3O7. The van der Waals surface area contributed by atoms with Crippen molar-refractivity contribution >= 4 is 37.4 Å². The SMILES string of the molecule is C=C(C)C(=O)NC(CCCCN[B]C=O)C(=O)OC.C=C(C)C(=O)NC(Cc1ccccc1)C(=O)OC. The number of hydrogen-bond acceptors (Lipinski definition) is 8. The molecule has 2 amide bonds. The van der Waals surface area contributed by atoms with Crippen LogP contribution in [-0.2, 0) is 39.9 Å². The van der Waals surface area contributed by atoms with Gasteiger partial charge in [0, 0.05) is 17.6 Å². The fourth-order valence-electron chi connectivity index (χ4n) is 2.85. The standard InChI is InChI=1S/C14H17NO3.C12H20BN2O4/c1-10(2)13(16)15-12(14(17)18-3)9-11-7-5-4-6-8-11;1-9(2)11(17)15-10(12(18)19-3)6-4-5-7-14-13-8-16/h4-8,12H,1,9H2,2-3H3,(H,15,16);8,10,14H,1,4-7H2,2-3H3,(H,15,17). The van der Waals surface area contributed by atoms with Gasteiger partial charge in [0.15, 0.2) is 0 Å². The van der Waals surface area contributed by atoms with Crippen molar-refractivity contribution in [2.24, 2.45) is 0 Å². The smallest absolute Gasteiger partial charge is 0.328 e. The van der Waals surface area contributed by atoms with E-state index in [1.165, 1.54) is 21.6 Å². The van der Waals surface area contributed by atoms with Gasteiger partial charge in [-0.2, -0.15) is 0 Å². The van der Waals surface area contributed by atoms with E-state index in [4.69, 9.17) is 0 Å². The summed E-state index contributed by atoms with van der Waals surface area (Å²) in [7, 11) is 3.90. The largest absolute Gasteiger partial charge is 0.467 e. The maximum Gasteiger partial charge on any atom is 0.328 e. The molecule has 1 radical (unpaired) electrons. The van der Waals surface area contributed by atoms with Crippen molar-refractivity contribution in [3.05, 3.63) is 60.2 Å². The van der Waals surface area contributed by atoms with E-state index in [0.717, 1.165) is 18.4 Å². The molecule has 0 fully saturated rings. The minimum Gasteiger partial charge on any atom is -0.467 e. The van der Waals surface area contributed by atoms with E-state index in [1.54, 1.807) is 13.8 Å². The number of amides is 2. The van der Waals surface area contributed by atoms with Crippen LogP contribution < -0.4 is 15.9 Å². The molecule has 37 heavy (non-hydrogen) atoms. The Morgan fingerprint density at radius 1 is 0.892 bits per heavy atom. The molecule has 0 aliphatic heterocycles. The van der Waals surface area contributed by atoms with Crippen LogP contribution in [0.15, 0.2) is 54.6 Å². The van der Waals surface area contributed by atoms with Gasteiger partial charge in [-0.15, -0.1) is 0 Å². The third-order valence-corrected chi connectivity index (χ3v) is 4.89. The molecule has 0 saturated heterocycles. The van der Waals surface area contributed by atoms with E-state index in [2.05, 4.69) is 38.5 Å². The number of benzene rings is 1. The molecule has 0 aliphatic rings. The number of nitrogens with one attached hydrogen (secondary N) is 3. The average Bonchev–Trinajstić information content (AvgIpc) is 2.89. The second kappa shape index (κ2) is 19.5. The Morgan fingerprint density at radius 3 is 1.89 bits per heavy atom. The van der Waals surface area contributed by atoms with Crippen LogP contribution in [0.3, 0.4) is 0 Å². The van der Waals surface area contributed by atoms with E-state index >= 15 is 0 Å². The third kappa shape index (κ3) is 15.1. The highest BCUT2D eigenvalue weighted by atomic mass is 16.5. The number of unbranched alkanes of at least 4 members (excludes halogenated alkanes) is 1. The molecule has 0 saturated carbocycles. The fraction of sp³-hybridized carbons (Fsp3) is 0.423. The monoisotopic (exact) mass is 514 g/mol. The molecule has 1 rings (SSSR count). The van der Waals surface area contributed by atoms with Gasteiger partial charge in [0.25, 0.3) is 7.41 Å². The summed E-state index contributed by atoms with van der Waals surface area (Å²) in [5.41, 5.74) is 1.66. The summed E-state index contributed by atoms with van der Waals surface area (Å²) in [5.74, 6) is -1.64. The van der Waals surface area contributed by atoms with Gasteiger partial charge in [0.05, 0.1) is 20.4 Å². The molecule has 201 valence electrons. The number of carbonyl (C=O) groups is 5. The predicted octanol–water partition coefficient (Wildman–Crippen LogP) is 1.25. The molecule has 10 nitrogen and oxygen atoms in total. The summed E-state index contributed by atoms with van der Waals surface area (Å²) in [6, 6.07) is 8.08. The second-order valence-corrected chi connectivity index (χ2v) is 8.10. The first-order valence-corrected chi connectivity index (χ1v) is 11.7. The Bertz CT molecular complexity index is 922. The second-order valence-electron chi connectivity index (χ2n) is 8.10. The molecule has 1 aromatic rings. The zero-order chi connectivity index (χ0) is 28.2. The van der Waals surface area contributed by atoms with Gasteiger partial charge in [-0.05, 0) is 45.2 Å². The van der Waals surface area contributed by atoms with Gasteiger partial charge in [-0.3, -0.25) is 9.59 Å². The quantitative estimate of drug-likeness (QED) is 0.105. The Morgan fingerprint density at radius 2 is 1.41 bits per heavy atom. The van der Waals surface area contributed by atoms with Crippen LogP contribution in [0.5, 0.6) is 0 Å². The molecule has 2 unspecified atom stereocenters. The molecule has 11 heteroatoms. The molecule has 1 aromatic carbocycles. The normalized spacial score (nSPS) is 11.4. The molecule has 2 atom stereocenters. The molecule has 0 heterocycles. The van der Waals surface area contributed by atoms with Crippen molar-refractivity contribution in [1.29, 1.82) is 0 Å². The number of hydrogen-bond donors (Lipinski definition) is 3. The Labute approximate surface area is 219 Å².